The molecule has 2 amide bonds. The number of carboxylic acids is 1. The molecule has 142 valence electrons. The minimum absolute atomic E-state index is 0.0196. The Labute approximate surface area is 153 Å². The molecule has 0 aromatic carbocycles. The number of rotatable bonds is 4. The number of aliphatic carboxylic acids is 1. The van der Waals surface area contributed by atoms with E-state index in [1.807, 2.05) is 0 Å². The number of nitrogens with zero attached hydrogens (tertiary/aromatic N) is 2. The smallest absolute Gasteiger partial charge is 0.428 e. The zero-order valence-electron chi connectivity index (χ0n) is 14.7. The van der Waals surface area contributed by atoms with Crippen LogP contribution in [0.4, 0.5) is 4.79 Å². The van der Waals surface area contributed by atoms with Crippen molar-refractivity contribution in [3.05, 3.63) is 11.3 Å². The molecule has 1 saturated heterocycles. The second-order valence-electron chi connectivity index (χ2n) is 6.49. The van der Waals surface area contributed by atoms with Crippen LogP contribution in [0.5, 0.6) is 0 Å². The number of carbonyl (C=O) groups is 4. The lowest BCUT2D eigenvalue weighted by molar-refractivity contribution is -0.141. The second-order valence-corrected chi connectivity index (χ2v) is 7.56. The van der Waals surface area contributed by atoms with E-state index in [0.717, 1.165) is 4.90 Å². The van der Waals surface area contributed by atoms with Gasteiger partial charge in [0, 0.05) is 18.2 Å². The van der Waals surface area contributed by atoms with Crippen molar-refractivity contribution in [1.82, 2.24) is 10.3 Å². The highest BCUT2D eigenvalue weighted by molar-refractivity contribution is 8.01. The summed E-state index contributed by atoms with van der Waals surface area (Å²) in [6.07, 6.45) is -0.818. The maximum absolute atomic E-state index is 12.3. The highest BCUT2D eigenvalue weighted by Crippen LogP contribution is 2.38. The summed E-state index contributed by atoms with van der Waals surface area (Å²) in [7, 11) is 0. The summed E-state index contributed by atoms with van der Waals surface area (Å²) in [5.41, 5.74) is 1.53. The number of nitrogens with one attached hydrogen (secondary N) is 1. The fourth-order valence-electron chi connectivity index (χ4n) is 2.25. The summed E-state index contributed by atoms with van der Waals surface area (Å²) in [6, 6.07) is 0. The lowest BCUT2D eigenvalue weighted by atomic mass is 10.1. The van der Waals surface area contributed by atoms with Crippen LogP contribution in [0.2, 0.25) is 0 Å². The van der Waals surface area contributed by atoms with Crippen LogP contribution in [0.3, 0.4) is 0 Å². The van der Waals surface area contributed by atoms with E-state index >= 15 is 0 Å². The third-order valence-corrected chi connectivity index (χ3v) is 4.48. The molecule has 0 aromatic heterocycles. The number of β-lactam (4-membered cyclic amide) rings is 1. The summed E-state index contributed by atoms with van der Waals surface area (Å²) in [4.78, 5) is 47.4. The Hall–Kier alpha value is -2.56. The van der Waals surface area contributed by atoms with E-state index in [2.05, 4.69) is 10.5 Å². The van der Waals surface area contributed by atoms with Gasteiger partial charge in [0.2, 0.25) is 0 Å². The van der Waals surface area contributed by atoms with E-state index in [9.17, 15) is 24.3 Å². The average Bonchev–Trinajstić information content (AvgIpc) is 2.50. The van der Waals surface area contributed by atoms with Crippen molar-refractivity contribution in [3.63, 3.8) is 0 Å². The van der Waals surface area contributed by atoms with Crippen LogP contribution in [0.25, 0.3) is 0 Å². The van der Waals surface area contributed by atoms with E-state index < -0.39 is 34.9 Å². The second kappa shape index (κ2) is 7.36. The number of esters is 1. The molecule has 10 nitrogen and oxygen atoms in total. The van der Waals surface area contributed by atoms with Gasteiger partial charge in [0.15, 0.2) is 5.71 Å². The third-order valence-electron chi connectivity index (χ3n) is 3.22. The minimum atomic E-state index is -1.30. The standard InChI is InChI=1S/C15H19N3O7S/c1-7(19)24-5-8-6-26-12-9(11(20)18(12)10(8)13(21)22)16-17-14(23)25-15(2,3)4/h12H,5-6H2,1-4H3,(H,17,23)(H,21,22)/b16-9+/t12-/m0/s1. The van der Waals surface area contributed by atoms with Crippen molar-refractivity contribution in [3.8, 4) is 0 Å². The van der Waals surface area contributed by atoms with Crippen molar-refractivity contribution in [1.29, 1.82) is 0 Å². The lowest BCUT2D eigenvalue weighted by Gasteiger charge is -2.44. The van der Waals surface area contributed by atoms with Crippen molar-refractivity contribution in [2.45, 2.75) is 38.7 Å². The molecule has 0 aliphatic carbocycles. The first kappa shape index (κ1) is 19.8. The maximum atomic E-state index is 12.3. The van der Waals surface area contributed by atoms with Crippen molar-refractivity contribution in [2.24, 2.45) is 5.10 Å². The Kier molecular flexibility index (Phi) is 5.59. The minimum Gasteiger partial charge on any atom is -0.477 e. The molecule has 2 aliphatic rings. The summed E-state index contributed by atoms with van der Waals surface area (Å²) in [5.74, 6) is -2.25. The Balaban J connectivity index is 2.13. The molecule has 2 N–H and O–H groups in total. The van der Waals surface area contributed by atoms with Crippen LogP contribution in [-0.4, -0.2) is 63.0 Å². The first-order chi connectivity index (χ1) is 12.0. The van der Waals surface area contributed by atoms with Crippen LogP contribution in [-0.2, 0) is 23.9 Å². The number of carboxylic acid groups (broad SMARTS) is 1. The Bertz CT molecular complexity index is 723. The molecule has 0 unspecified atom stereocenters. The molecule has 1 atom stereocenters. The predicted molar refractivity (Wildman–Crippen MR) is 91.2 cm³/mol. The Morgan fingerprint density at radius 2 is 2.04 bits per heavy atom. The summed E-state index contributed by atoms with van der Waals surface area (Å²) >= 11 is 1.24. The van der Waals surface area contributed by atoms with Gasteiger partial charge in [-0.15, -0.1) is 11.8 Å². The van der Waals surface area contributed by atoms with Gasteiger partial charge in [0.05, 0.1) is 0 Å². The highest BCUT2D eigenvalue weighted by atomic mass is 32.2. The van der Waals surface area contributed by atoms with Crippen LogP contribution in [0.1, 0.15) is 27.7 Å². The SMILES string of the molecule is CC(=O)OCC1=C(C(=O)O)N2C(=O)/C(=N\NC(=O)OC(C)(C)C)[C@@H]2SC1. The Morgan fingerprint density at radius 1 is 1.38 bits per heavy atom. The molecule has 11 heteroatoms. The number of hydrogen-bond donors (Lipinski definition) is 2. The van der Waals surface area contributed by atoms with Crippen LogP contribution < -0.4 is 5.43 Å². The first-order valence-corrected chi connectivity index (χ1v) is 8.66. The largest absolute Gasteiger partial charge is 0.477 e. The lowest BCUT2D eigenvalue weighted by Crippen LogP contribution is -2.63. The number of hydrazone groups is 1. The molecule has 0 saturated carbocycles. The number of carbonyl (C=O) groups excluding carboxylic acids is 3. The molecule has 2 aliphatic heterocycles. The number of fused-ring (bicyclic) bond motifs is 1. The van der Waals surface area contributed by atoms with Crippen LogP contribution in [0, 0.1) is 0 Å². The molecule has 0 aromatic rings. The molecular formula is C15H19N3O7S. The monoisotopic (exact) mass is 385 g/mol. The number of ether oxygens (including phenoxy) is 2. The number of thioether (sulfide) groups is 1. The van der Waals surface area contributed by atoms with Gasteiger partial charge in [0.25, 0.3) is 5.91 Å². The molecule has 26 heavy (non-hydrogen) atoms. The predicted octanol–water partition coefficient (Wildman–Crippen LogP) is 0.684. The number of amides is 2. The van der Waals surface area contributed by atoms with E-state index in [4.69, 9.17) is 9.47 Å². The first-order valence-electron chi connectivity index (χ1n) is 7.61. The van der Waals surface area contributed by atoms with E-state index in [1.165, 1.54) is 18.7 Å². The van der Waals surface area contributed by atoms with Gasteiger partial charge >= 0.3 is 18.0 Å². The quantitative estimate of drug-likeness (QED) is 0.410. The van der Waals surface area contributed by atoms with Gasteiger partial charge in [0.1, 0.15) is 23.3 Å². The zero-order valence-corrected chi connectivity index (χ0v) is 15.5. The van der Waals surface area contributed by atoms with E-state index in [0.29, 0.717) is 5.57 Å². The summed E-state index contributed by atoms with van der Waals surface area (Å²) in [5, 5.41) is 12.5. The van der Waals surface area contributed by atoms with Gasteiger partial charge in [-0.25, -0.2) is 15.0 Å². The van der Waals surface area contributed by atoms with Crippen LogP contribution >= 0.6 is 11.8 Å². The molecular weight excluding hydrogens is 366 g/mol. The molecule has 2 heterocycles. The van der Waals surface area contributed by atoms with Crippen molar-refractivity contribution >= 4 is 41.4 Å². The number of hydrogen-bond acceptors (Lipinski definition) is 8. The molecule has 1 fully saturated rings. The molecule has 0 bridgehead atoms. The maximum Gasteiger partial charge on any atom is 0.428 e. The Morgan fingerprint density at radius 3 is 2.58 bits per heavy atom. The summed E-state index contributed by atoms with van der Waals surface area (Å²) in [6.45, 7) is 6.05. The molecule has 0 radical (unpaired) electrons. The average molecular weight is 385 g/mol. The highest BCUT2D eigenvalue weighted by Gasteiger charge is 2.51. The van der Waals surface area contributed by atoms with Gasteiger partial charge in [-0.3, -0.25) is 14.5 Å². The van der Waals surface area contributed by atoms with E-state index in [1.54, 1.807) is 20.8 Å². The zero-order chi connectivity index (χ0) is 19.6. The van der Waals surface area contributed by atoms with Crippen LogP contribution in [0.15, 0.2) is 16.4 Å². The molecule has 2 rings (SSSR count). The van der Waals surface area contributed by atoms with Gasteiger partial charge in [-0.2, -0.15) is 5.10 Å². The van der Waals surface area contributed by atoms with Gasteiger partial charge in [-0.05, 0) is 20.8 Å². The fourth-order valence-corrected chi connectivity index (χ4v) is 3.49. The summed E-state index contributed by atoms with van der Waals surface area (Å²) < 4.78 is 9.86. The topological polar surface area (TPSA) is 135 Å². The van der Waals surface area contributed by atoms with Gasteiger partial charge < -0.3 is 14.6 Å². The third kappa shape index (κ3) is 4.34. The van der Waals surface area contributed by atoms with Crippen molar-refractivity contribution in [2.75, 3.05) is 12.4 Å². The molecule has 0 spiro atoms. The van der Waals surface area contributed by atoms with Crippen molar-refractivity contribution < 1.29 is 33.8 Å². The van der Waals surface area contributed by atoms with Gasteiger partial charge in [-0.1, -0.05) is 0 Å². The van der Waals surface area contributed by atoms with E-state index in [-0.39, 0.29) is 23.8 Å². The normalized spacial score (nSPS) is 21.1. The fraction of sp³-hybridized carbons (Fsp3) is 0.533.